The molecule has 0 saturated carbocycles. The van der Waals surface area contributed by atoms with Crippen molar-refractivity contribution in [2.75, 3.05) is 59.0 Å². The Labute approximate surface area is 116 Å². The predicted molar refractivity (Wildman–Crippen MR) is 74.9 cm³/mol. The van der Waals surface area contributed by atoms with Crippen LogP contribution in [0, 0.1) is 11.3 Å². The molecule has 19 heavy (non-hydrogen) atoms. The molecule has 2 saturated heterocycles. The van der Waals surface area contributed by atoms with Gasteiger partial charge < -0.3 is 4.74 Å². The third-order valence-electron chi connectivity index (χ3n) is 4.27. The number of likely N-dealkylation sites (N-methyl/N-ethyl adjacent to an activating group) is 1. The van der Waals surface area contributed by atoms with Crippen molar-refractivity contribution >= 4 is 0 Å². The predicted octanol–water partition coefficient (Wildman–Crippen LogP) is 0.237. The van der Waals surface area contributed by atoms with Crippen molar-refractivity contribution in [3.8, 4) is 6.07 Å². The molecule has 2 atom stereocenters. The molecular weight excluding hydrogens is 240 g/mol. The molecule has 108 valence electrons. The van der Waals surface area contributed by atoms with Gasteiger partial charge in [-0.15, -0.1) is 0 Å². The minimum atomic E-state index is 0.0451. The van der Waals surface area contributed by atoms with E-state index < -0.39 is 0 Å². The van der Waals surface area contributed by atoms with Crippen molar-refractivity contribution in [2.24, 2.45) is 0 Å². The lowest BCUT2D eigenvalue weighted by Gasteiger charge is -2.39. The molecule has 2 aliphatic rings. The van der Waals surface area contributed by atoms with Gasteiger partial charge in [0.15, 0.2) is 0 Å². The van der Waals surface area contributed by atoms with Gasteiger partial charge in [-0.1, -0.05) is 6.92 Å². The van der Waals surface area contributed by atoms with Gasteiger partial charge in [0.05, 0.1) is 24.8 Å². The van der Waals surface area contributed by atoms with Crippen molar-refractivity contribution in [1.82, 2.24) is 14.7 Å². The summed E-state index contributed by atoms with van der Waals surface area (Å²) in [7, 11) is 0. The molecule has 0 aromatic carbocycles. The maximum absolute atomic E-state index is 8.94. The summed E-state index contributed by atoms with van der Waals surface area (Å²) >= 11 is 0. The van der Waals surface area contributed by atoms with Crippen LogP contribution in [-0.4, -0.2) is 85.8 Å². The van der Waals surface area contributed by atoms with Gasteiger partial charge in [-0.05, 0) is 13.5 Å². The maximum Gasteiger partial charge on any atom is 0.0950 e. The Balaban J connectivity index is 1.72. The minimum absolute atomic E-state index is 0.0451. The second-order valence-corrected chi connectivity index (χ2v) is 5.53. The van der Waals surface area contributed by atoms with Crippen LogP contribution in [0.15, 0.2) is 0 Å². The quantitative estimate of drug-likeness (QED) is 0.729. The number of piperazine rings is 1. The molecule has 0 aliphatic carbocycles. The summed E-state index contributed by atoms with van der Waals surface area (Å²) in [4.78, 5) is 7.20. The SMILES string of the molecule is CCN1CCOC(CN2CCN(C(C)C#N)CC2)C1. The molecule has 0 amide bonds. The molecule has 2 aliphatic heterocycles. The van der Waals surface area contributed by atoms with Crippen molar-refractivity contribution in [3.63, 3.8) is 0 Å². The summed E-state index contributed by atoms with van der Waals surface area (Å²) in [5.74, 6) is 0. The molecule has 0 aromatic heterocycles. The lowest BCUT2D eigenvalue weighted by Crippen LogP contribution is -2.53. The Morgan fingerprint density at radius 2 is 1.95 bits per heavy atom. The van der Waals surface area contributed by atoms with E-state index in [1.807, 2.05) is 6.92 Å². The van der Waals surface area contributed by atoms with Gasteiger partial charge in [0, 0.05) is 45.8 Å². The molecular formula is C14H26N4O. The number of morpholine rings is 1. The van der Waals surface area contributed by atoms with E-state index in [4.69, 9.17) is 10.00 Å². The standard InChI is InChI=1S/C14H26N4O/c1-3-16-8-9-19-14(11-16)12-17-4-6-18(7-5-17)13(2)10-15/h13-14H,3-9,11-12H2,1-2H3. The zero-order valence-electron chi connectivity index (χ0n) is 12.2. The Bertz CT molecular complexity index is 309. The summed E-state index contributed by atoms with van der Waals surface area (Å²) in [5, 5.41) is 8.94. The van der Waals surface area contributed by atoms with E-state index in [0.717, 1.165) is 59.0 Å². The van der Waals surface area contributed by atoms with Gasteiger partial charge >= 0.3 is 0 Å². The van der Waals surface area contributed by atoms with Crippen LogP contribution in [0.3, 0.4) is 0 Å². The van der Waals surface area contributed by atoms with Gasteiger partial charge in [0.2, 0.25) is 0 Å². The van der Waals surface area contributed by atoms with Crippen molar-refractivity contribution < 1.29 is 4.74 Å². The lowest BCUT2D eigenvalue weighted by molar-refractivity contribution is -0.0473. The van der Waals surface area contributed by atoms with Crippen LogP contribution in [-0.2, 0) is 4.74 Å². The van der Waals surface area contributed by atoms with Gasteiger partial charge in [-0.2, -0.15) is 5.26 Å². The number of hydrogen-bond donors (Lipinski definition) is 0. The topological polar surface area (TPSA) is 42.7 Å². The van der Waals surface area contributed by atoms with Gasteiger partial charge in [0.25, 0.3) is 0 Å². The summed E-state index contributed by atoms with van der Waals surface area (Å²) < 4.78 is 5.86. The highest BCUT2D eigenvalue weighted by molar-refractivity contribution is 4.90. The van der Waals surface area contributed by atoms with Crippen LogP contribution in [0.25, 0.3) is 0 Å². The highest BCUT2D eigenvalue weighted by atomic mass is 16.5. The average Bonchev–Trinajstić information content (AvgIpc) is 2.47. The lowest BCUT2D eigenvalue weighted by atomic mass is 10.2. The Hall–Kier alpha value is -0.670. The van der Waals surface area contributed by atoms with Crippen molar-refractivity contribution in [1.29, 1.82) is 5.26 Å². The minimum Gasteiger partial charge on any atom is -0.374 e. The maximum atomic E-state index is 8.94. The third kappa shape index (κ3) is 4.15. The highest BCUT2D eigenvalue weighted by Gasteiger charge is 2.25. The first-order chi connectivity index (χ1) is 9.22. The number of hydrogen-bond acceptors (Lipinski definition) is 5. The van der Waals surface area contributed by atoms with E-state index in [1.165, 1.54) is 0 Å². The molecule has 0 N–H and O–H groups in total. The fraction of sp³-hybridized carbons (Fsp3) is 0.929. The third-order valence-corrected chi connectivity index (χ3v) is 4.27. The first kappa shape index (κ1) is 14.7. The number of nitriles is 1. The fourth-order valence-corrected chi connectivity index (χ4v) is 2.88. The molecule has 5 heteroatoms. The van der Waals surface area contributed by atoms with Gasteiger partial charge in [0.1, 0.15) is 0 Å². The second kappa shape index (κ2) is 7.20. The largest absolute Gasteiger partial charge is 0.374 e. The summed E-state index contributed by atoms with van der Waals surface area (Å²) in [5.41, 5.74) is 0. The molecule has 2 rings (SSSR count). The van der Waals surface area contributed by atoms with E-state index in [2.05, 4.69) is 27.7 Å². The molecule has 5 nitrogen and oxygen atoms in total. The molecule has 2 fully saturated rings. The Morgan fingerprint density at radius 1 is 1.21 bits per heavy atom. The van der Waals surface area contributed by atoms with Crippen LogP contribution >= 0.6 is 0 Å². The van der Waals surface area contributed by atoms with Crippen molar-refractivity contribution in [2.45, 2.75) is 26.0 Å². The molecule has 2 heterocycles. The Kier molecular flexibility index (Phi) is 5.59. The smallest absolute Gasteiger partial charge is 0.0950 e. The molecule has 0 aromatic rings. The first-order valence-corrected chi connectivity index (χ1v) is 7.43. The van der Waals surface area contributed by atoms with E-state index >= 15 is 0 Å². The van der Waals surface area contributed by atoms with Crippen molar-refractivity contribution in [3.05, 3.63) is 0 Å². The van der Waals surface area contributed by atoms with Gasteiger partial charge in [-0.3, -0.25) is 14.7 Å². The van der Waals surface area contributed by atoms with E-state index in [1.54, 1.807) is 0 Å². The van der Waals surface area contributed by atoms with Gasteiger partial charge in [-0.25, -0.2) is 0 Å². The molecule has 0 bridgehead atoms. The molecule has 0 spiro atoms. The zero-order chi connectivity index (χ0) is 13.7. The number of rotatable bonds is 4. The van der Waals surface area contributed by atoms with Crippen LogP contribution in [0.1, 0.15) is 13.8 Å². The fourth-order valence-electron chi connectivity index (χ4n) is 2.88. The number of nitrogens with zero attached hydrogens (tertiary/aromatic N) is 4. The second-order valence-electron chi connectivity index (χ2n) is 5.53. The number of ether oxygens (including phenoxy) is 1. The average molecular weight is 266 g/mol. The van der Waals surface area contributed by atoms with E-state index in [9.17, 15) is 0 Å². The van der Waals surface area contributed by atoms with E-state index in [0.29, 0.717) is 6.10 Å². The summed E-state index contributed by atoms with van der Waals surface area (Å²) in [6.07, 6.45) is 0.355. The van der Waals surface area contributed by atoms with Crippen LogP contribution in [0.4, 0.5) is 0 Å². The Morgan fingerprint density at radius 3 is 2.58 bits per heavy atom. The van der Waals surface area contributed by atoms with Crippen LogP contribution in [0.2, 0.25) is 0 Å². The normalized spacial score (nSPS) is 29.0. The summed E-state index contributed by atoms with van der Waals surface area (Å²) in [6, 6.07) is 2.37. The first-order valence-electron chi connectivity index (χ1n) is 7.43. The molecule has 2 unspecified atom stereocenters. The summed E-state index contributed by atoms with van der Waals surface area (Å²) in [6.45, 7) is 13.5. The molecule has 0 radical (unpaired) electrons. The highest BCUT2D eigenvalue weighted by Crippen LogP contribution is 2.10. The zero-order valence-corrected chi connectivity index (χ0v) is 12.2. The van der Waals surface area contributed by atoms with Crippen LogP contribution in [0.5, 0.6) is 0 Å². The monoisotopic (exact) mass is 266 g/mol. The van der Waals surface area contributed by atoms with E-state index in [-0.39, 0.29) is 6.04 Å². The van der Waals surface area contributed by atoms with Crippen LogP contribution < -0.4 is 0 Å².